The number of benzene rings is 1. The molecule has 1 aromatic carbocycles. The van der Waals surface area contributed by atoms with E-state index in [1.54, 1.807) is 0 Å². The molecule has 0 saturated carbocycles. The summed E-state index contributed by atoms with van der Waals surface area (Å²) in [5, 5.41) is 3.01. The molecule has 6 nitrogen and oxygen atoms in total. The highest BCUT2D eigenvalue weighted by Crippen LogP contribution is 2.43. The van der Waals surface area contributed by atoms with Crippen molar-refractivity contribution in [2.24, 2.45) is 0 Å². The zero-order valence-corrected chi connectivity index (χ0v) is 14.1. The monoisotopic (exact) mass is 340 g/mol. The van der Waals surface area contributed by atoms with Gasteiger partial charge < -0.3 is 14.5 Å². The van der Waals surface area contributed by atoms with E-state index in [4.69, 9.17) is 9.15 Å². The average molecular weight is 340 g/mol. The highest BCUT2D eigenvalue weighted by atomic mass is 16.5. The van der Waals surface area contributed by atoms with Gasteiger partial charge in [-0.3, -0.25) is 14.5 Å². The molecule has 25 heavy (non-hydrogen) atoms. The Hall–Kier alpha value is -2.60. The third-order valence-electron chi connectivity index (χ3n) is 5.15. The van der Waals surface area contributed by atoms with E-state index in [0.717, 1.165) is 30.6 Å². The van der Waals surface area contributed by atoms with E-state index in [0.29, 0.717) is 18.8 Å². The number of carbonyl (C=O) groups is 1. The zero-order valence-electron chi connectivity index (χ0n) is 14.1. The first-order valence-electron chi connectivity index (χ1n) is 8.41. The summed E-state index contributed by atoms with van der Waals surface area (Å²) >= 11 is 0. The van der Waals surface area contributed by atoms with Crippen molar-refractivity contribution in [2.75, 3.05) is 25.5 Å². The first-order chi connectivity index (χ1) is 12.1. The molecule has 1 saturated heterocycles. The zero-order chi connectivity index (χ0) is 17.4. The molecule has 130 valence electrons. The van der Waals surface area contributed by atoms with Crippen LogP contribution in [0.2, 0.25) is 0 Å². The summed E-state index contributed by atoms with van der Waals surface area (Å²) in [7, 11) is 1.44. The van der Waals surface area contributed by atoms with E-state index in [2.05, 4.69) is 10.2 Å². The molecule has 0 aliphatic carbocycles. The van der Waals surface area contributed by atoms with Crippen LogP contribution in [0, 0.1) is 0 Å². The van der Waals surface area contributed by atoms with Crippen LogP contribution in [0.15, 0.2) is 45.8 Å². The summed E-state index contributed by atoms with van der Waals surface area (Å²) in [4.78, 5) is 26.8. The number of nitrogens with one attached hydrogen (secondary N) is 1. The highest BCUT2D eigenvalue weighted by molar-refractivity contribution is 6.06. The number of methoxy groups -OCH3 is 1. The Labute approximate surface area is 145 Å². The van der Waals surface area contributed by atoms with Crippen LogP contribution in [0.25, 0.3) is 0 Å². The first kappa shape index (κ1) is 15.9. The van der Waals surface area contributed by atoms with Crippen molar-refractivity contribution in [3.05, 3.63) is 58.1 Å². The van der Waals surface area contributed by atoms with Crippen LogP contribution < -0.4 is 15.5 Å². The summed E-state index contributed by atoms with van der Waals surface area (Å²) in [6.45, 7) is 1.98. The Morgan fingerprint density at radius 3 is 2.96 bits per heavy atom. The second-order valence-electron chi connectivity index (χ2n) is 6.68. The lowest BCUT2D eigenvalue weighted by atomic mass is 9.75. The van der Waals surface area contributed by atoms with Gasteiger partial charge in [0, 0.05) is 18.3 Å². The largest absolute Gasteiger partial charge is 0.490 e. The number of fused-ring (bicyclic) bond motifs is 2. The van der Waals surface area contributed by atoms with Gasteiger partial charge in [0.25, 0.3) is 0 Å². The molecule has 4 rings (SSSR count). The minimum atomic E-state index is -0.512. The van der Waals surface area contributed by atoms with Crippen molar-refractivity contribution in [3.63, 3.8) is 0 Å². The van der Waals surface area contributed by atoms with E-state index in [-0.39, 0.29) is 17.1 Å². The lowest BCUT2D eigenvalue weighted by molar-refractivity contribution is -0.123. The third-order valence-corrected chi connectivity index (χ3v) is 5.15. The summed E-state index contributed by atoms with van der Waals surface area (Å²) in [5.41, 5.74) is 1.27. The first-order valence-corrected chi connectivity index (χ1v) is 8.41. The molecule has 2 aliphatic rings. The van der Waals surface area contributed by atoms with Crippen molar-refractivity contribution in [1.29, 1.82) is 0 Å². The number of amides is 1. The fourth-order valence-electron chi connectivity index (χ4n) is 3.95. The molecule has 2 aliphatic heterocycles. The fraction of sp³-hybridized carbons (Fsp3) is 0.368. The molecule has 2 aromatic rings. The predicted molar refractivity (Wildman–Crippen MR) is 92.8 cm³/mol. The van der Waals surface area contributed by atoms with Crippen molar-refractivity contribution in [3.8, 4) is 5.75 Å². The summed E-state index contributed by atoms with van der Waals surface area (Å²) in [5.74, 6) is 0.840. The highest BCUT2D eigenvalue weighted by Gasteiger charge is 2.48. The number of para-hydroxylation sites is 1. The van der Waals surface area contributed by atoms with E-state index >= 15 is 0 Å². The van der Waals surface area contributed by atoms with Crippen molar-refractivity contribution < 1.29 is 13.9 Å². The molecule has 0 radical (unpaired) electrons. The number of anilines is 1. The molecule has 1 atom stereocenters. The maximum atomic E-state index is 12.7. The van der Waals surface area contributed by atoms with Gasteiger partial charge in [-0.2, -0.15) is 0 Å². The number of hydrogen-bond acceptors (Lipinski definition) is 5. The van der Waals surface area contributed by atoms with Gasteiger partial charge in [-0.1, -0.05) is 18.2 Å². The van der Waals surface area contributed by atoms with Crippen LogP contribution in [0.1, 0.15) is 24.2 Å². The summed E-state index contributed by atoms with van der Waals surface area (Å²) < 4.78 is 10.5. The van der Waals surface area contributed by atoms with Gasteiger partial charge in [0.1, 0.15) is 12.0 Å². The number of carbonyl (C=O) groups excluding carboxylic acids is 1. The van der Waals surface area contributed by atoms with Gasteiger partial charge in [0.15, 0.2) is 0 Å². The minimum absolute atomic E-state index is 0.0644. The van der Waals surface area contributed by atoms with Gasteiger partial charge in [0.05, 0.1) is 19.1 Å². The minimum Gasteiger partial charge on any atom is -0.490 e. The molecule has 3 heterocycles. The average Bonchev–Trinajstić information content (AvgIpc) is 2.87. The van der Waals surface area contributed by atoms with Crippen molar-refractivity contribution in [1.82, 2.24) is 4.90 Å². The van der Waals surface area contributed by atoms with Crippen LogP contribution in [-0.2, 0) is 16.8 Å². The molecular weight excluding hydrogens is 320 g/mol. The third kappa shape index (κ3) is 2.62. The molecule has 0 unspecified atom stereocenters. The van der Waals surface area contributed by atoms with Crippen LogP contribution in [0.3, 0.4) is 0 Å². The molecule has 1 spiro atoms. The second kappa shape index (κ2) is 6.04. The molecule has 1 N–H and O–H groups in total. The maximum absolute atomic E-state index is 12.7. The van der Waals surface area contributed by atoms with Crippen LogP contribution >= 0.6 is 0 Å². The number of likely N-dealkylation sites (tertiary alicyclic amines) is 1. The van der Waals surface area contributed by atoms with E-state index < -0.39 is 5.41 Å². The predicted octanol–water partition coefficient (Wildman–Crippen LogP) is 2.13. The Morgan fingerprint density at radius 1 is 1.32 bits per heavy atom. The van der Waals surface area contributed by atoms with Gasteiger partial charge in [-0.25, -0.2) is 0 Å². The van der Waals surface area contributed by atoms with E-state index in [9.17, 15) is 9.59 Å². The Bertz CT molecular complexity index is 876. The van der Waals surface area contributed by atoms with Gasteiger partial charge in [-0.15, -0.1) is 0 Å². The molecule has 6 heteroatoms. The van der Waals surface area contributed by atoms with Crippen LogP contribution in [0.4, 0.5) is 5.69 Å². The van der Waals surface area contributed by atoms with Gasteiger partial charge in [0.2, 0.25) is 17.1 Å². The lowest BCUT2D eigenvalue weighted by Gasteiger charge is -2.38. The maximum Gasteiger partial charge on any atom is 0.236 e. The van der Waals surface area contributed by atoms with Crippen molar-refractivity contribution >= 4 is 11.6 Å². The van der Waals surface area contributed by atoms with E-state index in [1.165, 1.54) is 19.4 Å². The number of nitrogens with zero attached hydrogens (tertiary/aromatic N) is 1. The summed E-state index contributed by atoms with van der Waals surface area (Å²) in [6, 6.07) is 9.35. The molecular formula is C19H20N2O4. The molecule has 1 amide bonds. The lowest BCUT2D eigenvalue weighted by Crippen LogP contribution is -2.49. The van der Waals surface area contributed by atoms with Crippen LogP contribution in [0.5, 0.6) is 5.75 Å². The Balaban J connectivity index is 1.59. The topological polar surface area (TPSA) is 71.8 Å². The molecule has 0 bridgehead atoms. The Kier molecular flexibility index (Phi) is 3.84. The standard InChI is InChI=1S/C19H20N2O4/c1-24-17-11-25-13(9-16(17)22)10-21-8-4-7-19(12-21)14-5-2-3-6-15(14)20-18(19)23/h2-3,5-6,9,11H,4,7-8,10,12H2,1H3,(H,20,23)/t19-/m0/s1. The van der Waals surface area contributed by atoms with Crippen LogP contribution in [-0.4, -0.2) is 31.0 Å². The fourth-order valence-corrected chi connectivity index (χ4v) is 3.95. The smallest absolute Gasteiger partial charge is 0.236 e. The number of rotatable bonds is 3. The number of ether oxygens (including phenoxy) is 1. The quantitative estimate of drug-likeness (QED) is 0.927. The number of piperidine rings is 1. The van der Waals surface area contributed by atoms with Gasteiger partial charge in [-0.05, 0) is 31.0 Å². The van der Waals surface area contributed by atoms with Gasteiger partial charge >= 0.3 is 0 Å². The molecule has 1 aromatic heterocycles. The van der Waals surface area contributed by atoms with E-state index in [1.807, 2.05) is 24.3 Å². The number of hydrogen-bond donors (Lipinski definition) is 1. The Morgan fingerprint density at radius 2 is 2.16 bits per heavy atom. The normalized spacial score (nSPS) is 22.7. The molecule has 1 fully saturated rings. The van der Waals surface area contributed by atoms with Crippen molar-refractivity contribution in [2.45, 2.75) is 24.8 Å². The SMILES string of the molecule is COc1coc(CN2CCC[C@@]3(C2)C(=O)Nc2ccccc23)cc1=O. The summed E-state index contributed by atoms with van der Waals surface area (Å²) in [6.07, 6.45) is 3.09. The second-order valence-corrected chi connectivity index (χ2v) is 6.68.